The number of nitrogens with zero attached hydrogens (tertiary/aromatic N) is 1. The summed E-state index contributed by atoms with van der Waals surface area (Å²) >= 11 is 0. The van der Waals surface area contributed by atoms with E-state index < -0.39 is 0 Å². The Morgan fingerprint density at radius 1 is 1.29 bits per heavy atom. The minimum absolute atomic E-state index is 0.334. The van der Waals surface area contributed by atoms with Crippen molar-refractivity contribution in [1.82, 2.24) is 4.90 Å². The maximum absolute atomic E-state index is 12.0. The van der Waals surface area contributed by atoms with E-state index in [4.69, 9.17) is 0 Å². The second-order valence-electron chi connectivity index (χ2n) is 5.24. The van der Waals surface area contributed by atoms with Crippen LogP contribution in [0.15, 0.2) is 0 Å². The van der Waals surface area contributed by atoms with Crippen molar-refractivity contribution in [2.24, 2.45) is 5.92 Å². The van der Waals surface area contributed by atoms with Gasteiger partial charge in [-0.25, -0.2) is 0 Å². The molecule has 2 heteroatoms. The highest BCUT2D eigenvalue weighted by Gasteiger charge is 2.36. The number of rotatable bonds is 3. The van der Waals surface area contributed by atoms with Gasteiger partial charge >= 0.3 is 0 Å². The zero-order chi connectivity index (χ0) is 12.1. The number of carbonyl (C=O) groups is 1. The van der Waals surface area contributed by atoms with Gasteiger partial charge in [0.1, 0.15) is 5.78 Å². The third kappa shape index (κ3) is 3.10. The fourth-order valence-electron chi connectivity index (χ4n) is 3.33. The van der Waals surface area contributed by atoms with Gasteiger partial charge in [-0.3, -0.25) is 9.69 Å². The number of ketones is 1. The van der Waals surface area contributed by atoms with Gasteiger partial charge < -0.3 is 0 Å². The summed E-state index contributed by atoms with van der Waals surface area (Å²) in [4.78, 5) is 14.5. The minimum atomic E-state index is 0.334. The molecule has 1 saturated heterocycles. The van der Waals surface area contributed by atoms with Crippen LogP contribution in [0.5, 0.6) is 0 Å². The number of hydrogen-bond acceptors (Lipinski definition) is 2. The Morgan fingerprint density at radius 2 is 2.18 bits per heavy atom. The molecule has 1 aliphatic heterocycles. The predicted octanol–water partition coefficient (Wildman–Crippen LogP) is 2.62. The molecule has 0 amide bonds. The summed E-state index contributed by atoms with van der Waals surface area (Å²) in [7, 11) is 0. The van der Waals surface area contributed by atoms with Crippen molar-refractivity contribution >= 4 is 5.78 Å². The fourth-order valence-corrected chi connectivity index (χ4v) is 3.33. The van der Waals surface area contributed by atoms with Crippen molar-refractivity contribution in [3.8, 4) is 11.8 Å². The van der Waals surface area contributed by atoms with E-state index in [0.29, 0.717) is 17.7 Å². The average molecular weight is 233 g/mol. The molecule has 1 heterocycles. The number of carbonyl (C=O) groups excluding carboxylic acids is 1. The summed E-state index contributed by atoms with van der Waals surface area (Å²) in [5, 5.41) is 0. The standard InChI is InChI=1S/C15H23NO/c1-2-3-6-11-16-12-7-9-14(16)13-8-4-5-10-15(13)17/h13-14H,4-12H2,1H3. The fraction of sp³-hybridized carbons (Fsp3) is 0.800. The first-order chi connectivity index (χ1) is 8.33. The van der Waals surface area contributed by atoms with Gasteiger partial charge in [0.2, 0.25) is 0 Å². The normalized spacial score (nSPS) is 30.1. The van der Waals surface area contributed by atoms with Crippen LogP contribution in [0, 0.1) is 17.8 Å². The van der Waals surface area contributed by atoms with Crippen LogP contribution in [-0.2, 0) is 4.79 Å². The van der Waals surface area contributed by atoms with Gasteiger partial charge in [-0.15, -0.1) is 11.8 Å². The molecule has 94 valence electrons. The predicted molar refractivity (Wildman–Crippen MR) is 69.6 cm³/mol. The van der Waals surface area contributed by atoms with Crippen LogP contribution in [0.2, 0.25) is 0 Å². The molecule has 0 radical (unpaired) electrons. The lowest BCUT2D eigenvalue weighted by Gasteiger charge is -2.32. The van der Waals surface area contributed by atoms with Crippen molar-refractivity contribution in [1.29, 1.82) is 0 Å². The van der Waals surface area contributed by atoms with Crippen molar-refractivity contribution in [3.05, 3.63) is 0 Å². The van der Waals surface area contributed by atoms with Crippen LogP contribution in [-0.4, -0.2) is 29.8 Å². The van der Waals surface area contributed by atoms with Crippen molar-refractivity contribution in [3.63, 3.8) is 0 Å². The minimum Gasteiger partial charge on any atom is -0.299 e. The van der Waals surface area contributed by atoms with Crippen molar-refractivity contribution in [2.45, 2.75) is 57.9 Å². The first-order valence-corrected chi connectivity index (χ1v) is 6.99. The van der Waals surface area contributed by atoms with Gasteiger partial charge in [-0.1, -0.05) is 6.42 Å². The first kappa shape index (κ1) is 12.6. The Kier molecular flexibility index (Phi) is 4.62. The summed E-state index contributed by atoms with van der Waals surface area (Å²) in [6.07, 6.45) is 7.74. The van der Waals surface area contributed by atoms with Crippen LogP contribution in [0.4, 0.5) is 0 Å². The van der Waals surface area contributed by atoms with Gasteiger partial charge in [0.05, 0.1) is 0 Å². The third-order valence-corrected chi connectivity index (χ3v) is 4.18. The highest BCUT2D eigenvalue weighted by atomic mass is 16.1. The zero-order valence-electron chi connectivity index (χ0n) is 10.9. The second-order valence-corrected chi connectivity index (χ2v) is 5.24. The molecule has 0 aromatic rings. The molecule has 2 aliphatic rings. The number of Topliss-reactive ketones (excluding diaryl/α,β-unsaturated/α-hetero) is 1. The molecule has 0 spiro atoms. The third-order valence-electron chi connectivity index (χ3n) is 4.18. The summed E-state index contributed by atoms with van der Waals surface area (Å²) < 4.78 is 0. The average Bonchev–Trinajstić information content (AvgIpc) is 2.78. The molecular formula is C15H23NO. The van der Waals surface area contributed by atoms with Gasteiger partial charge in [0, 0.05) is 31.3 Å². The Bertz CT molecular complexity index is 326. The van der Waals surface area contributed by atoms with E-state index in [9.17, 15) is 4.79 Å². The van der Waals surface area contributed by atoms with Crippen LogP contribution < -0.4 is 0 Å². The van der Waals surface area contributed by atoms with E-state index >= 15 is 0 Å². The topological polar surface area (TPSA) is 20.3 Å². The molecule has 2 fully saturated rings. The van der Waals surface area contributed by atoms with Crippen molar-refractivity contribution < 1.29 is 4.79 Å². The smallest absolute Gasteiger partial charge is 0.137 e. The Morgan fingerprint density at radius 3 is 2.94 bits per heavy atom. The quantitative estimate of drug-likeness (QED) is 0.698. The van der Waals surface area contributed by atoms with Crippen LogP contribution >= 0.6 is 0 Å². The Labute approximate surface area is 105 Å². The van der Waals surface area contributed by atoms with E-state index in [1.54, 1.807) is 0 Å². The van der Waals surface area contributed by atoms with Crippen LogP contribution in [0.1, 0.15) is 51.9 Å². The molecule has 2 nitrogen and oxygen atoms in total. The molecule has 0 bridgehead atoms. The first-order valence-electron chi connectivity index (χ1n) is 6.99. The Hall–Kier alpha value is -0.810. The highest BCUT2D eigenvalue weighted by molar-refractivity contribution is 5.82. The molecule has 0 aromatic heterocycles. The lowest BCUT2D eigenvalue weighted by Crippen LogP contribution is -2.41. The monoisotopic (exact) mass is 233 g/mol. The molecular weight excluding hydrogens is 210 g/mol. The summed E-state index contributed by atoms with van der Waals surface area (Å²) in [5.41, 5.74) is 0. The van der Waals surface area contributed by atoms with E-state index in [-0.39, 0.29) is 0 Å². The van der Waals surface area contributed by atoms with E-state index in [0.717, 1.165) is 32.2 Å². The maximum atomic E-state index is 12.0. The molecule has 0 aromatic carbocycles. The maximum Gasteiger partial charge on any atom is 0.137 e. The van der Waals surface area contributed by atoms with Gasteiger partial charge in [0.15, 0.2) is 0 Å². The molecule has 2 rings (SSSR count). The summed E-state index contributed by atoms with van der Waals surface area (Å²) in [6.45, 7) is 4.11. The van der Waals surface area contributed by atoms with E-state index in [1.807, 2.05) is 6.92 Å². The second kappa shape index (κ2) is 6.21. The summed E-state index contributed by atoms with van der Waals surface area (Å²) in [6, 6.07) is 0.529. The van der Waals surface area contributed by atoms with E-state index in [1.165, 1.54) is 25.8 Å². The molecule has 17 heavy (non-hydrogen) atoms. The van der Waals surface area contributed by atoms with Crippen LogP contribution in [0.25, 0.3) is 0 Å². The van der Waals surface area contributed by atoms with Crippen LogP contribution in [0.3, 0.4) is 0 Å². The number of likely N-dealkylation sites (tertiary alicyclic amines) is 1. The molecule has 0 N–H and O–H groups in total. The van der Waals surface area contributed by atoms with Gasteiger partial charge in [0.25, 0.3) is 0 Å². The van der Waals surface area contributed by atoms with E-state index in [2.05, 4.69) is 16.7 Å². The lowest BCUT2D eigenvalue weighted by atomic mass is 9.82. The van der Waals surface area contributed by atoms with Gasteiger partial charge in [-0.2, -0.15) is 0 Å². The SMILES string of the molecule is CC#CCCN1CCCC1C1CCCCC1=O. The zero-order valence-corrected chi connectivity index (χ0v) is 10.9. The lowest BCUT2D eigenvalue weighted by molar-refractivity contribution is -0.126. The molecule has 1 saturated carbocycles. The molecule has 1 aliphatic carbocycles. The largest absolute Gasteiger partial charge is 0.299 e. The number of hydrogen-bond donors (Lipinski definition) is 0. The summed E-state index contributed by atoms with van der Waals surface area (Å²) in [5.74, 6) is 6.94. The molecule has 2 atom stereocenters. The highest BCUT2D eigenvalue weighted by Crippen LogP contribution is 2.32. The van der Waals surface area contributed by atoms with Crippen molar-refractivity contribution in [2.75, 3.05) is 13.1 Å². The van der Waals surface area contributed by atoms with Gasteiger partial charge in [-0.05, 0) is 39.2 Å². The molecule has 2 unspecified atom stereocenters. The Balaban J connectivity index is 1.92.